The van der Waals surface area contributed by atoms with Crippen molar-refractivity contribution in [3.63, 3.8) is 0 Å². The Labute approximate surface area is 98.9 Å². The van der Waals surface area contributed by atoms with E-state index >= 15 is 0 Å². The summed E-state index contributed by atoms with van der Waals surface area (Å²) >= 11 is 8.65. The molecule has 0 bridgehead atoms. The van der Waals surface area contributed by atoms with Crippen molar-refractivity contribution < 1.29 is 4.74 Å². The molecule has 1 N–H and O–H groups in total. The second kappa shape index (κ2) is 5.46. The summed E-state index contributed by atoms with van der Waals surface area (Å²) < 4.78 is 7.40. The van der Waals surface area contributed by atoms with Crippen LogP contribution in [-0.2, 0) is 4.74 Å². The molecule has 0 radical (unpaired) electrons. The molecule has 13 heavy (non-hydrogen) atoms. The summed E-state index contributed by atoms with van der Waals surface area (Å²) in [5.74, 6) is 0. The highest BCUT2D eigenvalue weighted by atomic mass is 79.9. The molecule has 0 spiro atoms. The van der Waals surface area contributed by atoms with Gasteiger partial charge in [0.05, 0.1) is 20.2 Å². The Morgan fingerprint density at radius 1 is 1.62 bits per heavy atom. The largest absolute Gasteiger partial charge is 0.383 e. The van der Waals surface area contributed by atoms with Gasteiger partial charge < -0.3 is 10.1 Å². The highest BCUT2D eigenvalue weighted by Gasteiger charge is 2.14. The van der Waals surface area contributed by atoms with E-state index < -0.39 is 0 Å². The molecule has 1 atom stereocenters. The third-order valence-electron chi connectivity index (χ3n) is 1.74. The zero-order valence-corrected chi connectivity index (χ0v) is 11.4. The van der Waals surface area contributed by atoms with E-state index in [4.69, 9.17) is 4.74 Å². The molecule has 0 aliphatic heterocycles. The van der Waals surface area contributed by atoms with Crippen LogP contribution < -0.4 is 5.32 Å². The number of likely N-dealkylation sites (N-methyl/N-ethyl adjacent to an activating group) is 1. The number of rotatable bonds is 4. The van der Waals surface area contributed by atoms with E-state index in [0.717, 1.165) is 7.57 Å². The van der Waals surface area contributed by atoms with E-state index in [2.05, 4.69) is 43.2 Å². The van der Waals surface area contributed by atoms with Crippen LogP contribution in [0.4, 0.5) is 0 Å². The zero-order chi connectivity index (χ0) is 9.84. The molecule has 1 aromatic heterocycles. The number of methoxy groups -OCH3 is 1. The van der Waals surface area contributed by atoms with E-state index in [1.165, 1.54) is 5.56 Å². The third kappa shape index (κ3) is 3.02. The molecule has 0 saturated carbocycles. The van der Waals surface area contributed by atoms with Gasteiger partial charge in [-0.25, -0.2) is 0 Å². The Morgan fingerprint density at radius 2 is 2.31 bits per heavy atom. The number of hydrogen-bond donors (Lipinski definition) is 1. The molecular formula is C8H11Br2NOS. The molecule has 1 heterocycles. The van der Waals surface area contributed by atoms with Gasteiger partial charge in [-0.1, -0.05) is 0 Å². The van der Waals surface area contributed by atoms with E-state index in [-0.39, 0.29) is 6.04 Å². The number of halogens is 2. The summed E-state index contributed by atoms with van der Waals surface area (Å²) in [5, 5.41) is 3.20. The fourth-order valence-corrected chi connectivity index (χ4v) is 4.06. The van der Waals surface area contributed by atoms with Crippen molar-refractivity contribution in [2.24, 2.45) is 0 Å². The summed E-state index contributed by atoms with van der Waals surface area (Å²) in [6.07, 6.45) is 0. The second-order valence-corrected chi connectivity index (χ2v) is 6.33. The summed E-state index contributed by atoms with van der Waals surface area (Å²) in [6, 6.07) is 2.36. The highest BCUT2D eigenvalue weighted by molar-refractivity contribution is 9.12. The summed E-state index contributed by atoms with van der Waals surface area (Å²) in [7, 11) is 3.64. The first-order valence-electron chi connectivity index (χ1n) is 3.80. The van der Waals surface area contributed by atoms with E-state index in [1.54, 1.807) is 18.4 Å². The maximum Gasteiger partial charge on any atom is 0.0759 e. The van der Waals surface area contributed by atoms with E-state index in [1.807, 2.05) is 7.05 Å². The predicted octanol–water partition coefficient (Wildman–Crippen LogP) is 3.18. The number of hydrogen-bond acceptors (Lipinski definition) is 3. The van der Waals surface area contributed by atoms with Crippen LogP contribution in [0.2, 0.25) is 0 Å². The average Bonchev–Trinajstić information content (AvgIpc) is 2.41. The minimum absolute atomic E-state index is 0.252. The average molecular weight is 329 g/mol. The number of ether oxygens (including phenoxy) is 1. The normalized spacial score (nSPS) is 13.2. The maximum atomic E-state index is 5.12. The highest BCUT2D eigenvalue weighted by Crippen LogP contribution is 2.35. The molecule has 5 heteroatoms. The summed E-state index contributed by atoms with van der Waals surface area (Å²) in [6.45, 7) is 0.679. The first kappa shape index (κ1) is 11.7. The standard InChI is InChI=1S/C8H11Br2NOS/c1-11-6(4-12-2)5-3-7(9)13-8(5)10/h3,6,11H,4H2,1-2H3. The smallest absolute Gasteiger partial charge is 0.0759 e. The van der Waals surface area contributed by atoms with Crippen molar-refractivity contribution in [2.75, 3.05) is 20.8 Å². The van der Waals surface area contributed by atoms with Crippen molar-refractivity contribution in [1.29, 1.82) is 0 Å². The Hall–Kier alpha value is 0.580. The molecule has 1 unspecified atom stereocenters. The van der Waals surface area contributed by atoms with Crippen LogP contribution in [-0.4, -0.2) is 20.8 Å². The first-order chi connectivity index (χ1) is 6.19. The van der Waals surface area contributed by atoms with Crippen molar-refractivity contribution in [2.45, 2.75) is 6.04 Å². The van der Waals surface area contributed by atoms with Gasteiger partial charge in [-0.2, -0.15) is 0 Å². The van der Waals surface area contributed by atoms with Gasteiger partial charge >= 0.3 is 0 Å². The lowest BCUT2D eigenvalue weighted by atomic mass is 10.2. The minimum Gasteiger partial charge on any atom is -0.383 e. The molecule has 2 nitrogen and oxygen atoms in total. The topological polar surface area (TPSA) is 21.3 Å². The van der Waals surface area contributed by atoms with Crippen LogP contribution in [0.3, 0.4) is 0 Å². The van der Waals surface area contributed by atoms with Gasteiger partial charge in [-0.05, 0) is 50.5 Å². The molecule has 1 rings (SSSR count). The molecule has 0 aromatic carbocycles. The molecule has 1 aromatic rings. The first-order valence-corrected chi connectivity index (χ1v) is 6.20. The van der Waals surface area contributed by atoms with Crippen LogP contribution in [0, 0.1) is 0 Å². The number of nitrogens with one attached hydrogen (secondary N) is 1. The molecular weight excluding hydrogens is 318 g/mol. The van der Waals surface area contributed by atoms with Gasteiger partial charge in [-0.15, -0.1) is 11.3 Å². The SMILES string of the molecule is CNC(COC)c1cc(Br)sc1Br. The number of thiophene rings is 1. The van der Waals surface area contributed by atoms with Crippen LogP contribution in [0.15, 0.2) is 13.6 Å². The van der Waals surface area contributed by atoms with Crippen LogP contribution in [0.25, 0.3) is 0 Å². The molecule has 0 fully saturated rings. The lowest BCUT2D eigenvalue weighted by molar-refractivity contribution is 0.170. The molecule has 0 amide bonds. The van der Waals surface area contributed by atoms with Crippen molar-refractivity contribution in [3.8, 4) is 0 Å². The van der Waals surface area contributed by atoms with Gasteiger partial charge in [0.1, 0.15) is 0 Å². The van der Waals surface area contributed by atoms with Gasteiger partial charge in [0, 0.05) is 7.11 Å². The van der Waals surface area contributed by atoms with Crippen LogP contribution in [0.1, 0.15) is 11.6 Å². The third-order valence-corrected chi connectivity index (χ3v) is 4.13. The molecule has 0 aliphatic rings. The molecule has 0 saturated heterocycles. The Kier molecular flexibility index (Phi) is 4.89. The Bertz CT molecular complexity index is 277. The molecule has 0 aliphatic carbocycles. The second-order valence-electron chi connectivity index (χ2n) is 2.58. The quantitative estimate of drug-likeness (QED) is 0.916. The van der Waals surface area contributed by atoms with E-state index in [9.17, 15) is 0 Å². The zero-order valence-electron chi connectivity index (χ0n) is 7.43. The van der Waals surface area contributed by atoms with E-state index in [0.29, 0.717) is 6.61 Å². The van der Waals surface area contributed by atoms with Crippen molar-refractivity contribution >= 4 is 43.2 Å². The van der Waals surface area contributed by atoms with Gasteiger partial charge in [0.25, 0.3) is 0 Å². The monoisotopic (exact) mass is 327 g/mol. The van der Waals surface area contributed by atoms with Gasteiger partial charge in [0.2, 0.25) is 0 Å². The van der Waals surface area contributed by atoms with Crippen LogP contribution in [0.5, 0.6) is 0 Å². The predicted molar refractivity (Wildman–Crippen MR) is 63.4 cm³/mol. The van der Waals surface area contributed by atoms with Crippen LogP contribution >= 0.6 is 43.2 Å². The van der Waals surface area contributed by atoms with Gasteiger partial charge in [0.15, 0.2) is 0 Å². The Morgan fingerprint density at radius 3 is 2.69 bits per heavy atom. The van der Waals surface area contributed by atoms with Crippen molar-refractivity contribution in [1.82, 2.24) is 5.32 Å². The molecule has 74 valence electrons. The lowest BCUT2D eigenvalue weighted by Crippen LogP contribution is -2.20. The maximum absolute atomic E-state index is 5.12. The summed E-state index contributed by atoms with van der Waals surface area (Å²) in [5.41, 5.74) is 1.24. The van der Waals surface area contributed by atoms with Gasteiger partial charge in [-0.3, -0.25) is 0 Å². The Balaban J connectivity index is 2.83. The minimum atomic E-state index is 0.252. The summed E-state index contributed by atoms with van der Waals surface area (Å²) in [4.78, 5) is 0. The van der Waals surface area contributed by atoms with Crippen molar-refractivity contribution in [3.05, 3.63) is 19.2 Å². The lowest BCUT2D eigenvalue weighted by Gasteiger charge is -2.13. The fraction of sp³-hybridized carbons (Fsp3) is 0.500. The fourth-order valence-electron chi connectivity index (χ4n) is 1.09.